The summed E-state index contributed by atoms with van der Waals surface area (Å²) in [6.07, 6.45) is 2.86. The van der Waals surface area contributed by atoms with Gasteiger partial charge in [-0.2, -0.15) is 0 Å². The first-order chi connectivity index (χ1) is 14.8. The van der Waals surface area contributed by atoms with Crippen molar-refractivity contribution in [3.8, 4) is 0 Å². The lowest BCUT2D eigenvalue weighted by molar-refractivity contribution is -0.121. The SMILES string of the molecule is CN(C)c1ccc([C@H](CNC(=O)C[C@H]2CCS(=O)(=O)C2)c2c[nH]c3ccccc23)cc1. The summed E-state index contributed by atoms with van der Waals surface area (Å²) >= 11 is 0. The maximum Gasteiger partial charge on any atom is 0.220 e. The van der Waals surface area contributed by atoms with Gasteiger partial charge in [0, 0.05) is 55.8 Å². The van der Waals surface area contributed by atoms with E-state index in [4.69, 9.17) is 0 Å². The van der Waals surface area contributed by atoms with Crippen molar-refractivity contribution in [1.29, 1.82) is 0 Å². The molecule has 6 nitrogen and oxygen atoms in total. The first-order valence-corrected chi connectivity index (χ1v) is 12.4. The van der Waals surface area contributed by atoms with Crippen LogP contribution in [0.25, 0.3) is 10.9 Å². The molecule has 0 aliphatic carbocycles. The molecule has 1 aromatic heterocycles. The Hall–Kier alpha value is -2.80. The summed E-state index contributed by atoms with van der Waals surface area (Å²) in [6.45, 7) is 0.460. The number of sulfone groups is 1. The number of nitrogens with one attached hydrogen (secondary N) is 2. The molecule has 1 aliphatic heterocycles. The third kappa shape index (κ3) is 4.93. The molecule has 1 saturated heterocycles. The normalized spacial score (nSPS) is 18.7. The number of rotatable bonds is 7. The van der Waals surface area contributed by atoms with Gasteiger partial charge in [-0.1, -0.05) is 30.3 Å². The van der Waals surface area contributed by atoms with Gasteiger partial charge in [0.1, 0.15) is 0 Å². The average Bonchev–Trinajstić information content (AvgIpc) is 3.31. The minimum absolute atomic E-state index is 0.0105. The zero-order valence-corrected chi connectivity index (χ0v) is 18.8. The number of anilines is 1. The van der Waals surface area contributed by atoms with Crippen LogP contribution in [-0.2, 0) is 14.6 Å². The second kappa shape index (κ2) is 8.75. The van der Waals surface area contributed by atoms with Gasteiger partial charge in [0.05, 0.1) is 11.5 Å². The maximum atomic E-state index is 12.6. The van der Waals surface area contributed by atoms with Crippen molar-refractivity contribution in [3.63, 3.8) is 0 Å². The van der Waals surface area contributed by atoms with E-state index in [-0.39, 0.29) is 35.7 Å². The Morgan fingerprint density at radius 2 is 1.90 bits per heavy atom. The highest BCUT2D eigenvalue weighted by Gasteiger charge is 2.29. The lowest BCUT2D eigenvalue weighted by Gasteiger charge is -2.20. The van der Waals surface area contributed by atoms with Crippen molar-refractivity contribution >= 4 is 32.3 Å². The van der Waals surface area contributed by atoms with Gasteiger partial charge in [-0.15, -0.1) is 0 Å². The van der Waals surface area contributed by atoms with Crippen LogP contribution in [0.15, 0.2) is 54.7 Å². The Labute approximate surface area is 183 Å². The lowest BCUT2D eigenvalue weighted by atomic mass is 9.90. The molecule has 3 aromatic rings. The fourth-order valence-corrected chi connectivity index (χ4v) is 6.24. The first kappa shape index (κ1) is 21.4. The van der Waals surface area contributed by atoms with Crippen LogP contribution >= 0.6 is 0 Å². The fraction of sp³-hybridized carbons (Fsp3) is 0.375. The molecule has 0 unspecified atom stereocenters. The van der Waals surface area contributed by atoms with Crippen LogP contribution in [0.1, 0.15) is 29.9 Å². The minimum atomic E-state index is -2.97. The summed E-state index contributed by atoms with van der Waals surface area (Å²) in [7, 11) is 1.04. The number of benzene rings is 2. The van der Waals surface area contributed by atoms with E-state index in [9.17, 15) is 13.2 Å². The summed E-state index contributed by atoms with van der Waals surface area (Å²) in [5, 5.41) is 4.21. The second-order valence-corrected chi connectivity index (χ2v) is 10.8. The molecule has 0 bridgehead atoms. The summed E-state index contributed by atoms with van der Waals surface area (Å²) in [4.78, 5) is 18.0. The number of aromatic nitrogens is 1. The Morgan fingerprint density at radius 3 is 2.58 bits per heavy atom. The molecule has 0 spiro atoms. The molecule has 0 saturated carbocycles. The zero-order chi connectivity index (χ0) is 22.0. The van der Waals surface area contributed by atoms with E-state index in [1.165, 1.54) is 0 Å². The number of hydrogen-bond acceptors (Lipinski definition) is 4. The number of fused-ring (bicyclic) bond motifs is 1. The van der Waals surface area contributed by atoms with Crippen LogP contribution in [0, 0.1) is 5.92 Å². The molecule has 31 heavy (non-hydrogen) atoms. The Kier molecular flexibility index (Phi) is 6.05. The summed E-state index contributed by atoms with van der Waals surface area (Å²) < 4.78 is 23.4. The zero-order valence-electron chi connectivity index (χ0n) is 18.0. The number of amides is 1. The van der Waals surface area contributed by atoms with Crippen molar-refractivity contribution in [2.75, 3.05) is 37.0 Å². The monoisotopic (exact) mass is 439 g/mol. The Bertz CT molecular complexity index is 1170. The van der Waals surface area contributed by atoms with Gasteiger partial charge in [-0.25, -0.2) is 8.42 Å². The van der Waals surface area contributed by atoms with E-state index in [2.05, 4.69) is 45.5 Å². The molecular weight excluding hydrogens is 410 g/mol. The smallest absolute Gasteiger partial charge is 0.220 e. The molecule has 1 fully saturated rings. The number of H-pyrrole nitrogens is 1. The molecule has 2 heterocycles. The van der Waals surface area contributed by atoms with Gasteiger partial charge in [0.2, 0.25) is 5.91 Å². The molecular formula is C24H29N3O3S. The van der Waals surface area contributed by atoms with Gasteiger partial charge in [-0.05, 0) is 41.7 Å². The highest BCUT2D eigenvalue weighted by molar-refractivity contribution is 7.91. The van der Waals surface area contributed by atoms with Gasteiger partial charge < -0.3 is 15.2 Å². The Balaban J connectivity index is 1.55. The van der Waals surface area contributed by atoms with Crippen molar-refractivity contribution in [2.45, 2.75) is 18.8 Å². The van der Waals surface area contributed by atoms with Crippen molar-refractivity contribution < 1.29 is 13.2 Å². The Morgan fingerprint density at radius 1 is 1.16 bits per heavy atom. The lowest BCUT2D eigenvalue weighted by Crippen LogP contribution is -2.30. The van der Waals surface area contributed by atoms with Crippen LogP contribution in [-0.4, -0.2) is 51.5 Å². The summed E-state index contributed by atoms with van der Waals surface area (Å²) in [5.41, 5.74) is 4.44. The number of nitrogens with zero attached hydrogens (tertiary/aromatic N) is 1. The third-order valence-electron chi connectivity index (χ3n) is 6.11. The van der Waals surface area contributed by atoms with Gasteiger partial charge >= 0.3 is 0 Å². The molecule has 2 N–H and O–H groups in total. The molecule has 1 amide bonds. The van der Waals surface area contributed by atoms with Crippen molar-refractivity contribution in [3.05, 3.63) is 65.9 Å². The molecule has 0 radical (unpaired) electrons. The molecule has 2 atom stereocenters. The molecule has 4 rings (SSSR count). The minimum Gasteiger partial charge on any atom is -0.378 e. The van der Waals surface area contributed by atoms with Crippen LogP contribution in [0.2, 0.25) is 0 Å². The van der Waals surface area contributed by atoms with E-state index < -0.39 is 9.84 Å². The number of carbonyl (C=O) groups is 1. The van der Waals surface area contributed by atoms with Gasteiger partial charge in [-0.3, -0.25) is 4.79 Å². The second-order valence-electron chi connectivity index (χ2n) is 8.61. The number of hydrogen-bond donors (Lipinski definition) is 2. The summed E-state index contributed by atoms with van der Waals surface area (Å²) in [6, 6.07) is 16.5. The highest BCUT2D eigenvalue weighted by Crippen LogP contribution is 2.31. The van der Waals surface area contributed by atoms with Crippen molar-refractivity contribution in [2.24, 2.45) is 5.92 Å². The molecule has 164 valence electrons. The van der Waals surface area contributed by atoms with E-state index >= 15 is 0 Å². The maximum absolute atomic E-state index is 12.6. The first-order valence-electron chi connectivity index (χ1n) is 10.6. The number of para-hydroxylation sites is 1. The molecule has 1 aliphatic rings. The van der Waals surface area contributed by atoms with Crippen LogP contribution in [0.5, 0.6) is 0 Å². The quantitative estimate of drug-likeness (QED) is 0.592. The molecule has 2 aromatic carbocycles. The van der Waals surface area contributed by atoms with E-state index in [0.717, 1.165) is 27.7 Å². The molecule has 7 heteroatoms. The van der Waals surface area contributed by atoms with E-state index in [1.54, 1.807) is 0 Å². The number of aromatic amines is 1. The topological polar surface area (TPSA) is 82.3 Å². The summed E-state index contributed by atoms with van der Waals surface area (Å²) in [5.74, 6) is 0.149. The van der Waals surface area contributed by atoms with E-state index in [0.29, 0.717) is 13.0 Å². The number of carbonyl (C=O) groups excluding carboxylic acids is 1. The van der Waals surface area contributed by atoms with Gasteiger partial charge in [0.15, 0.2) is 9.84 Å². The van der Waals surface area contributed by atoms with Crippen molar-refractivity contribution in [1.82, 2.24) is 10.3 Å². The fourth-order valence-electron chi connectivity index (χ4n) is 4.38. The third-order valence-corrected chi connectivity index (χ3v) is 7.95. The predicted octanol–water partition coefficient (Wildman–Crippen LogP) is 3.31. The van der Waals surface area contributed by atoms with Gasteiger partial charge in [0.25, 0.3) is 0 Å². The van der Waals surface area contributed by atoms with Crippen LogP contribution in [0.3, 0.4) is 0 Å². The standard InChI is InChI=1S/C24H29N3O3S/c1-27(2)19-9-7-18(8-10-19)21(22-15-25-23-6-4-3-5-20(22)23)14-26-24(28)13-17-11-12-31(29,30)16-17/h3-10,15,17,21,25H,11-14,16H2,1-2H3,(H,26,28)/t17-,21+/m1/s1. The van der Waals surface area contributed by atoms with Crippen LogP contribution < -0.4 is 10.2 Å². The van der Waals surface area contributed by atoms with Crippen LogP contribution in [0.4, 0.5) is 5.69 Å². The van der Waals surface area contributed by atoms with E-state index in [1.807, 2.05) is 38.5 Å². The largest absolute Gasteiger partial charge is 0.378 e. The predicted molar refractivity (Wildman–Crippen MR) is 125 cm³/mol. The average molecular weight is 440 g/mol. The highest BCUT2D eigenvalue weighted by atomic mass is 32.2.